The molecule has 23 heavy (non-hydrogen) atoms. The summed E-state index contributed by atoms with van der Waals surface area (Å²) in [5.74, 6) is -0.369. The summed E-state index contributed by atoms with van der Waals surface area (Å²) in [7, 11) is 0. The first-order valence-corrected chi connectivity index (χ1v) is 8.72. The zero-order chi connectivity index (χ0) is 18.1. The molecule has 0 amide bonds. The van der Waals surface area contributed by atoms with Crippen LogP contribution in [0.3, 0.4) is 0 Å². The number of unbranched alkanes of at least 4 members (excludes halogenated alkanes) is 1. The van der Waals surface area contributed by atoms with Gasteiger partial charge in [-0.15, -0.1) is 0 Å². The maximum Gasteiger partial charge on any atom is 0.332 e. The van der Waals surface area contributed by atoms with E-state index in [1.807, 2.05) is 13.8 Å². The van der Waals surface area contributed by atoms with Crippen LogP contribution in [0, 0.1) is 11.3 Å². The van der Waals surface area contributed by atoms with Crippen LogP contribution in [0.5, 0.6) is 0 Å². The first-order valence-electron chi connectivity index (χ1n) is 8.72. The Labute approximate surface area is 142 Å². The van der Waals surface area contributed by atoms with Gasteiger partial charge in [-0.25, -0.2) is 9.68 Å². The third-order valence-electron chi connectivity index (χ3n) is 3.56. The molecule has 0 N–H and O–H groups in total. The zero-order valence-corrected chi connectivity index (χ0v) is 16.1. The van der Waals surface area contributed by atoms with Gasteiger partial charge in [0, 0.05) is 12.0 Å². The minimum absolute atomic E-state index is 0.115. The monoisotopic (exact) mass is 328 g/mol. The predicted octanol–water partition coefficient (Wildman–Crippen LogP) is 5.42. The van der Waals surface area contributed by atoms with Crippen LogP contribution < -0.4 is 0 Å². The van der Waals surface area contributed by atoms with E-state index in [-0.39, 0.29) is 11.3 Å². The van der Waals surface area contributed by atoms with E-state index in [1.54, 1.807) is 0 Å². The zero-order valence-electron chi connectivity index (χ0n) is 16.1. The molecule has 0 radical (unpaired) electrons. The number of hydrogen-bond acceptors (Lipinski definition) is 4. The van der Waals surface area contributed by atoms with Crippen molar-refractivity contribution in [2.24, 2.45) is 11.3 Å². The minimum Gasteiger partial charge on any atom is -0.429 e. The van der Waals surface area contributed by atoms with Gasteiger partial charge in [-0.3, -0.25) is 0 Å². The fraction of sp³-hybridized carbons (Fsp3) is 0.842. The van der Waals surface area contributed by atoms with Crippen molar-refractivity contribution < 1.29 is 19.3 Å². The summed E-state index contributed by atoms with van der Waals surface area (Å²) in [5, 5.41) is 0. The summed E-state index contributed by atoms with van der Waals surface area (Å²) in [4.78, 5) is 22.8. The first-order chi connectivity index (χ1) is 10.5. The van der Waals surface area contributed by atoms with Gasteiger partial charge < -0.3 is 4.74 Å². The molecule has 0 saturated carbocycles. The Bertz CT molecular complexity index is 355. The third kappa shape index (κ3) is 10.5. The van der Waals surface area contributed by atoms with Crippen LogP contribution in [0.1, 0.15) is 80.6 Å². The highest BCUT2D eigenvalue weighted by Gasteiger charge is 2.31. The molecule has 0 saturated heterocycles. The van der Waals surface area contributed by atoms with Gasteiger partial charge in [0.1, 0.15) is 0 Å². The minimum atomic E-state index is -0.698. The second-order valence-corrected chi connectivity index (χ2v) is 8.00. The van der Waals surface area contributed by atoms with Gasteiger partial charge in [0.2, 0.25) is 6.29 Å². The molecule has 0 rings (SSSR count). The highest BCUT2D eigenvalue weighted by atomic mass is 17.2. The lowest BCUT2D eigenvalue weighted by atomic mass is 9.84. The summed E-state index contributed by atoms with van der Waals surface area (Å²) in [6.07, 6.45) is 5.24. The van der Waals surface area contributed by atoms with E-state index in [9.17, 15) is 4.79 Å². The van der Waals surface area contributed by atoms with Crippen LogP contribution in [0.4, 0.5) is 0 Å². The Hall–Kier alpha value is -0.870. The van der Waals surface area contributed by atoms with E-state index in [2.05, 4.69) is 41.2 Å². The van der Waals surface area contributed by atoms with Crippen LogP contribution in [0.2, 0.25) is 0 Å². The standard InChI is InChI=1S/C19H36O4/c1-9-12-13-15(10-2)17(21-16(20)11-3)22-23-19(7,8)14-18(4,5)6/h11,15,17H,3,9-10,12-14H2,1-2,4-8H3. The number of rotatable bonds is 11. The average molecular weight is 328 g/mol. The van der Waals surface area contributed by atoms with Gasteiger partial charge in [-0.05, 0) is 38.5 Å². The van der Waals surface area contributed by atoms with Gasteiger partial charge in [0.25, 0.3) is 0 Å². The van der Waals surface area contributed by atoms with Crippen molar-refractivity contribution in [2.75, 3.05) is 0 Å². The van der Waals surface area contributed by atoms with E-state index >= 15 is 0 Å². The summed E-state index contributed by atoms with van der Waals surface area (Å²) < 4.78 is 5.37. The molecular formula is C19H36O4. The van der Waals surface area contributed by atoms with Crippen LogP contribution in [-0.4, -0.2) is 17.9 Å². The Kier molecular flexibility index (Phi) is 9.71. The molecule has 0 heterocycles. The molecule has 0 aliphatic carbocycles. The smallest absolute Gasteiger partial charge is 0.332 e. The van der Waals surface area contributed by atoms with Gasteiger partial charge in [-0.2, -0.15) is 4.89 Å². The summed E-state index contributed by atoms with van der Waals surface area (Å²) in [6.45, 7) is 18.1. The van der Waals surface area contributed by atoms with Gasteiger partial charge in [0.15, 0.2) is 0 Å². The number of carbonyl (C=O) groups excluding carboxylic acids is 1. The Morgan fingerprint density at radius 3 is 2.22 bits per heavy atom. The highest BCUT2D eigenvalue weighted by Crippen LogP contribution is 2.31. The second-order valence-electron chi connectivity index (χ2n) is 8.00. The van der Waals surface area contributed by atoms with Crippen LogP contribution in [0.15, 0.2) is 12.7 Å². The van der Waals surface area contributed by atoms with Crippen molar-refractivity contribution in [3.63, 3.8) is 0 Å². The fourth-order valence-electron chi connectivity index (χ4n) is 2.84. The number of carbonyl (C=O) groups is 1. The predicted molar refractivity (Wildman–Crippen MR) is 93.7 cm³/mol. The van der Waals surface area contributed by atoms with E-state index in [0.717, 1.165) is 38.2 Å². The fourth-order valence-corrected chi connectivity index (χ4v) is 2.84. The lowest BCUT2D eigenvalue weighted by Crippen LogP contribution is -2.36. The molecule has 0 aromatic heterocycles. The van der Waals surface area contributed by atoms with E-state index in [1.165, 1.54) is 0 Å². The molecule has 136 valence electrons. The molecule has 4 nitrogen and oxygen atoms in total. The number of ether oxygens (including phenoxy) is 1. The van der Waals surface area contributed by atoms with Gasteiger partial charge in [0.05, 0.1) is 5.60 Å². The molecular weight excluding hydrogens is 292 g/mol. The lowest BCUT2D eigenvalue weighted by molar-refractivity contribution is -0.424. The van der Waals surface area contributed by atoms with Gasteiger partial charge in [-0.1, -0.05) is 54.0 Å². The van der Waals surface area contributed by atoms with Crippen molar-refractivity contribution in [3.05, 3.63) is 12.7 Å². The highest BCUT2D eigenvalue weighted by molar-refractivity contribution is 5.81. The Morgan fingerprint density at radius 2 is 1.78 bits per heavy atom. The topological polar surface area (TPSA) is 44.8 Å². The summed E-state index contributed by atoms with van der Waals surface area (Å²) >= 11 is 0. The molecule has 0 bridgehead atoms. The molecule has 0 fully saturated rings. The SMILES string of the molecule is C=CC(=O)OC(OOC(C)(C)CC(C)(C)C)C(CC)CCCC. The molecule has 0 aliphatic heterocycles. The molecule has 0 spiro atoms. The van der Waals surface area contributed by atoms with Crippen molar-refractivity contribution in [3.8, 4) is 0 Å². The van der Waals surface area contributed by atoms with Crippen molar-refractivity contribution in [1.29, 1.82) is 0 Å². The van der Waals surface area contributed by atoms with Crippen LogP contribution in [0.25, 0.3) is 0 Å². The largest absolute Gasteiger partial charge is 0.429 e. The van der Waals surface area contributed by atoms with Crippen molar-refractivity contribution in [1.82, 2.24) is 0 Å². The Morgan fingerprint density at radius 1 is 1.17 bits per heavy atom. The third-order valence-corrected chi connectivity index (χ3v) is 3.56. The molecule has 0 aromatic carbocycles. The average Bonchev–Trinajstić information content (AvgIpc) is 2.42. The second kappa shape index (κ2) is 10.1. The Balaban J connectivity index is 4.85. The maximum atomic E-state index is 11.6. The molecule has 0 aliphatic rings. The first kappa shape index (κ1) is 22.1. The molecule has 2 unspecified atom stereocenters. The molecule has 2 atom stereocenters. The quantitative estimate of drug-likeness (QED) is 0.167. The number of esters is 1. The summed E-state index contributed by atoms with van der Waals surface area (Å²) in [6, 6.07) is 0. The summed E-state index contributed by atoms with van der Waals surface area (Å²) in [5.41, 5.74) is -0.341. The van der Waals surface area contributed by atoms with E-state index < -0.39 is 17.9 Å². The van der Waals surface area contributed by atoms with Crippen LogP contribution >= 0.6 is 0 Å². The van der Waals surface area contributed by atoms with Crippen molar-refractivity contribution >= 4 is 5.97 Å². The number of hydrogen-bond donors (Lipinski definition) is 0. The van der Waals surface area contributed by atoms with Gasteiger partial charge >= 0.3 is 5.97 Å². The maximum absolute atomic E-state index is 11.6. The lowest BCUT2D eigenvalue weighted by Gasteiger charge is -2.33. The molecule has 0 aromatic rings. The van der Waals surface area contributed by atoms with Crippen molar-refractivity contribution in [2.45, 2.75) is 92.5 Å². The van der Waals surface area contributed by atoms with E-state index in [4.69, 9.17) is 14.5 Å². The van der Waals surface area contributed by atoms with Crippen LogP contribution in [-0.2, 0) is 19.3 Å². The van der Waals surface area contributed by atoms with E-state index in [0.29, 0.717) is 0 Å². The normalized spacial score (nSPS) is 15.1. The molecule has 4 heteroatoms.